The number of benzene rings is 2. The third-order valence-corrected chi connectivity index (χ3v) is 3.85. The maximum Gasteiger partial charge on any atom is 0.254 e. The van der Waals surface area contributed by atoms with Crippen LogP contribution in [-0.2, 0) is 4.74 Å². The fourth-order valence-corrected chi connectivity index (χ4v) is 2.74. The lowest BCUT2D eigenvalue weighted by Gasteiger charge is -2.17. The maximum atomic E-state index is 12.6. The summed E-state index contributed by atoms with van der Waals surface area (Å²) >= 11 is 0. The summed E-state index contributed by atoms with van der Waals surface area (Å²) < 4.78 is 5.18. The van der Waals surface area contributed by atoms with Gasteiger partial charge in [-0.25, -0.2) is 0 Å². The molecule has 20 heavy (non-hydrogen) atoms. The quantitative estimate of drug-likeness (QED) is 0.904. The number of amides is 1. The van der Waals surface area contributed by atoms with E-state index < -0.39 is 6.10 Å². The minimum atomic E-state index is -0.612. The van der Waals surface area contributed by atoms with E-state index >= 15 is 0 Å². The van der Waals surface area contributed by atoms with E-state index in [2.05, 4.69) is 0 Å². The van der Waals surface area contributed by atoms with Crippen molar-refractivity contribution in [2.45, 2.75) is 12.2 Å². The monoisotopic (exact) mass is 271 g/mol. The number of ether oxygens (including phenoxy) is 1. The molecule has 1 aliphatic heterocycles. The summed E-state index contributed by atoms with van der Waals surface area (Å²) in [6.45, 7) is 0.750. The summed E-state index contributed by atoms with van der Waals surface area (Å²) in [6.07, 6.45) is -0.909. The van der Waals surface area contributed by atoms with Gasteiger partial charge in [-0.15, -0.1) is 0 Å². The van der Waals surface area contributed by atoms with Crippen LogP contribution in [-0.4, -0.2) is 48.3 Å². The van der Waals surface area contributed by atoms with Crippen molar-refractivity contribution < 1.29 is 14.6 Å². The molecule has 4 nitrogen and oxygen atoms in total. The Kier molecular flexibility index (Phi) is 3.42. The number of aliphatic hydroxyl groups is 1. The normalized spacial score (nSPS) is 22.4. The molecule has 3 rings (SSSR count). The Balaban J connectivity index is 1.94. The molecule has 2 aromatic carbocycles. The van der Waals surface area contributed by atoms with Gasteiger partial charge in [-0.3, -0.25) is 4.79 Å². The number of β-amino-alcohol motifs (C(OH)–C–C–N with tert-alkyl or cyclic N) is 1. The number of hydrogen-bond donors (Lipinski definition) is 1. The fourth-order valence-electron chi connectivity index (χ4n) is 2.74. The fraction of sp³-hybridized carbons (Fsp3) is 0.312. The molecule has 0 unspecified atom stereocenters. The Hall–Kier alpha value is -1.91. The van der Waals surface area contributed by atoms with Crippen LogP contribution in [0.1, 0.15) is 10.4 Å². The van der Waals surface area contributed by atoms with Crippen LogP contribution < -0.4 is 0 Å². The van der Waals surface area contributed by atoms with Gasteiger partial charge in [0.15, 0.2) is 0 Å². The molecule has 1 N–H and O–H groups in total. The molecule has 0 aromatic heterocycles. The van der Waals surface area contributed by atoms with Crippen LogP contribution >= 0.6 is 0 Å². The molecule has 0 saturated carbocycles. The molecule has 104 valence electrons. The van der Waals surface area contributed by atoms with Gasteiger partial charge in [-0.05, 0) is 16.8 Å². The molecule has 4 heteroatoms. The van der Waals surface area contributed by atoms with Gasteiger partial charge in [-0.2, -0.15) is 0 Å². The van der Waals surface area contributed by atoms with E-state index in [1.807, 2.05) is 42.5 Å². The number of carbonyl (C=O) groups is 1. The molecule has 1 fully saturated rings. The second-order valence-electron chi connectivity index (χ2n) is 5.08. The smallest absolute Gasteiger partial charge is 0.254 e. The molecule has 0 radical (unpaired) electrons. The zero-order valence-electron chi connectivity index (χ0n) is 11.3. The van der Waals surface area contributed by atoms with Crippen LogP contribution in [0.2, 0.25) is 0 Å². The Labute approximate surface area is 117 Å². The summed E-state index contributed by atoms with van der Waals surface area (Å²) in [6, 6.07) is 13.5. The second kappa shape index (κ2) is 5.23. The maximum absolute atomic E-state index is 12.6. The SMILES string of the molecule is CO[C@H]1CN(C(=O)c2cccc3ccccc23)C[C@@H]1O. The van der Waals surface area contributed by atoms with Crippen LogP contribution in [0.3, 0.4) is 0 Å². The van der Waals surface area contributed by atoms with E-state index in [4.69, 9.17) is 4.74 Å². The minimum absolute atomic E-state index is 0.0552. The van der Waals surface area contributed by atoms with Crippen molar-refractivity contribution in [3.05, 3.63) is 48.0 Å². The predicted molar refractivity (Wildman–Crippen MR) is 76.7 cm³/mol. The van der Waals surface area contributed by atoms with Crippen molar-refractivity contribution in [1.82, 2.24) is 4.90 Å². The Morgan fingerprint density at radius 1 is 1.20 bits per heavy atom. The van der Waals surface area contributed by atoms with Crippen molar-refractivity contribution in [1.29, 1.82) is 0 Å². The molecular weight excluding hydrogens is 254 g/mol. The van der Waals surface area contributed by atoms with Gasteiger partial charge in [0.25, 0.3) is 5.91 Å². The van der Waals surface area contributed by atoms with Crippen molar-refractivity contribution in [3.63, 3.8) is 0 Å². The van der Waals surface area contributed by atoms with E-state index in [-0.39, 0.29) is 12.0 Å². The highest BCUT2D eigenvalue weighted by atomic mass is 16.5. The van der Waals surface area contributed by atoms with Crippen LogP contribution in [0.25, 0.3) is 10.8 Å². The number of rotatable bonds is 2. The van der Waals surface area contributed by atoms with E-state index in [9.17, 15) is 9.90 Å². The predicted octanol–water partition coefficient (Wildman–Crippen LogP) is 1.67. The van der Waals surface area contributed by atoms with Crippen LogP contribution in [0, 0.1) is 0 Å². The van der Waals surface area contributed by atoms with Gasteiger partial charge in [-0.1, -0.05) is 36.4 Å². The lowest BCUT2D eigenvalue weighted by molar-refractivity contribution is 0.0215. The molecule has 1 saturated heterocycles. The highest BCUT2D eigenvalue weighted by molar-refractivity contribution is 6.07. The van der Waals surface area contributed by atoms with E-state index in [0.29, 0.717) is 18.7 Å². The van der Waals surface area contributed by atoms with E-state index in [1.54, 1.807) is 12.0 Å². The number of methoxy groups -OCH3 is 1. The lowest BCUT2D eigenvalue weighted by Crippen LogP contribution is -2.30. The Morgan fingerprint density at radius 3 is 2.70 bits per heavy atom. The molecule has 2 aromatic rings. The van der Waals surface area contributed by atoms with Gasteiger partial charge in [0.1, 0.15) is 6.10 Å². The average Bonchev–Trinajstić information content (AvgIpc) is 2.87. The van der Waals surface area contributed by atoms with Crippen molar-refractivity contribution >= 4 is 16.7 Å². The molecule has 0 aliphatic carbocycles. The van der Waals surface area contributed by atoms with E-state index in [1.165, 1.54) is 0 Å². The molecule has 0 spiro atoms. The first kappa shape index (κ1) is 13.1. The molecule has 2 atom stereocenters. The van der Waals surface area contributed by atoms with Gasteiger partial charge < -0.3 is 14.7 Å². The lowest BCUT2D eigenvalue weighted by atomic mass is 10.0. The van der Waals surface area contributed by atoms with Crippen molar-refractivity contribution in [3.8, 4) is 0 Å². The van der Waals surface area contributed by atoms with Gasteiger partial charge in [0.2, 0.25) is 0 Å². The summed E-state index contributed by atoms with van der Waals surface area (Å²) in [7, 11) is 1.56. The molecule has 1 amide bonds. The highest BCUT2D eigenvalue weighted by Crippen LogP contribution is 2.22. The third kappa shape index (κ3) is 2.17. The highest BCUT2D eigenvalue weighted by Gasteiger charge is 2.34. The first-order valence-corrected chi connectivity index (χ1v) is 6.68. The Morgan fingerprint density at radius 2 is 1.95 bits per heavy atom. The average molecular weight is 271 g/mol. The zero-order valence-corrected chi connectivity index (χ0v) is 11.3. The summed E-state index contributed by atoms with van der Waals surface area (Å²) in [5.41, 5.74) is 0.673. The van der Waals surface area contributed by atoms with Gasteiger partial charge in [0.05, 0.1) is 6.10 Å². The Bertz CT molecular complexity index is 635. The van der Waals surface area contributed by atoms with Gasteiger partial charge in [0, 0.05) is 25.8 Å². The van der Waals surface area contributed by atoms with E-state index in [0.717, 1.165) is 10.8 Å². The number of nitrogens with zero attached hydrogens (tertiary/aromatic N) is 1. The summed E-state index contributed by atoms with van der Waals surface area (Å²) in [5.74, 6) is -0.0552. The largest absolute Gasteiger partial charge is 0.388 e. The van der Waals surface area contributed by atoms with Crippen molar-refractivity contribution in [2.24, 2.45) is 0 Å². The molecule has 0 bridgehead atoms. The standard InChI is InChI=1S/C16H17NO3/c1-20-15-10-17(9-14(15)18)16(19)13-8-4-6-11-5-2-3-7-12(11)13/h2-8,14-15,18H,9-10H2,1H3/t14-,15-/m0/s1. The number of likely N-dealkylation sites (tertiary alicyclic amines) is 1. The zero-order chi connectivity index (χ0) is 14.1. The van der Waals surface area contributed by atoms with Gasteiger partial charge >= 0.3 is 0 Å². The first-order chi connectivity index (χ1) is 9.70. The van der Waals surface area contributed by atoms with Crippen LogP contribution in [0.4, 0.5) is 0 Å². The number of aliphatic hydroxyl groups excluding tert-OH is 1. The minimum Gasteiger partial charge on any atom is -0.388 e. The van der Waals surface area contributed by atoms with Crippen LogP contribution in [0.15, 0.2) is 42.5 Å². The first-order valence-electron chi connectivity index (χ1n) is 6.68. The third-order valence-electron chi connectivity index (χ3n) is 3.85. The molecular formula is C16H17NO3. The second-order valence-corrected chi connectivity index (χ2v) is 5.08. The number of hydrogen-bond acceptors (Lipinski definition) is 3. The number of fused-ring (bicyclic) bond motifs is 1. The molecule has 1 heterocycles. The molecule has 1 aliphatic rings. The van der Waals surface area contributed by atoms with Crippen molar-refractivity contribution in [2.75, 3.05) is 20.2 Å². The summed E-state index contributed by atoms with van der Waals surface area (Å²) in [4.78, 5) is 14.3. The number of carbonyl (C=O) groups excluding carboxylic acids is 1. The van der Waals surface area contributed by atoms with Crippen LogP contribution in [0.5, 0.6) is 0 Å². The topological polar surface area (TPSA) is 49.8 Å². The summed E-state index contributed by atoms with van der Waals surface area (Å²) in [5, 5.41) is 11.8.